The van der Waals surface area contributed by atoms with Crippen molar-refractivity contribution in [3.8, 4) is 5.75 Å². The molecule has 0 saturated carbocycles. The molecule has 0 atom stereocenters. The number of phenolic OH excluding ortho intramolecular Hbond substituents is 1. The van der Waals surface area contributed by atoms with Gasteiger partial charge in [-0.1, -0.05) is 11.6 Å². The van der Waals surface area contributed by atoms with Crippen LogP contribution in [0.25, 0.3) is 11.0 Å². The van der Waals surface area contributed by atoms with Gasteiger partial charge in [0.2, 0.25) is 0 Å². The predicted octanol–water partition coefficient (Wildman–Crippen LogP) is 3.59. The van der Waals surface area contributed by atoms with E-state index in [-0.39, 0.29) is 11.4 Å². The first-order valence-electron chi connectivity index (χ1n) is 6.16. The SMILES string of the molecule is O=c1[nH]c2cc(Br)c(NCc3cc(Cl)ccc3O)cc2[nH]1. The zero-order valence-corrected chi connectivity index (χ0v) is 13.0. The van der Waals surface area contributed by atoms with Crippen molar-refractivity contribution in [2.75, 3.05) is 5.32 Å². The third-order valence-corrected chi connectivity index (χ3v) is 4.01. The van der Waals surface area contributed by atoms with Gasteiger partial charge in [-0.25, -0.2) is 4.79 Å². The molecule has 21 heavy (non-hydrogen) atoms. The van der Waals surface area contributed by atoms with Crippen molar-refractivity contribution in [3.63, 3.8) is 0 Å². The third-order valence-electron chi connectivity index (χ3n) is 3.11. The molecule has 2 aromatic carbocycles. The van der Waals surface area contributed by atoms with E-state index < -0.39 is 0 Å². The molecule has 0 aliphatic carbocycles. The van der Waals surface area contributed by atoms with Gasteiger partial charge in [0.25, 0.3) is 0 Å². The van der Waals surface area contributed by atoms with Gasteiger partial charge in [0.05, 0.1) is 16.7 Å². The van der Waals surface area contributed by atoms with Gasteiger partial charge in [-0.05, 0) is 46.3 Å². The fourth-order valence-electron chi connectivity index (χ4n) is 2.08. The lowest BCUT2D eigenvalue weighted by Crippen LogP contribution is -2.00. The van der Waals surface area contributed by atoms with Gasteiger partial charge in [-0.15, -0.1) is 0 Å². The molecule has 4 N–H and O–H groups in total. The molecule has 0 spiro atoms. The normalized spacial score (nSPS) is 11.0. The van der Waals surface area contributed by atoms with Crippen molar-refractivity contribution in [1.82, 2.24) is 9.97 Å². The molecular weight excluding hydrogens is 358 g/mol. The number of imidazole rings is 1. The van der Waals surface area contributed by atoms with Crippen LogP contribution in [0, 0.1) is 0 Å². The second-order valence-corrected chi connectivity index (χ2v) is 5.87. The smallest absolute Gasteiger partial charge is 0.323 e. The fourth-order valence-corrected chi connectivity index (χ4v) is 2.76. The van der Waals surface area contributed by atoms with Gasteiger partial charge in [-0.2, -0.15) is 0 Å². The predicted molar refractivity (Wildman–Crippen MR) is 87.1 cm³/mol. The van der Waals surface area contributed by atoms with E-state index >= 15 is 0 Å². The standard InChI is InChI=1S/C14H11BrClN3O2/c15-9-4-11-12(19-14(21)18-11)5-10(9)17-6-7-3-8(16)1-2-13(7)20/h1-5,17,20H,6H2,(H2,18,19,21). The first kappa shape index (κ1) is 14.0. The number of rotatable bonds is 3. The van der Waals surface area contributed by atoms with Crippen LogP contribution in [0.15, 0.2) is 39.6 Å². The lowest BCUT2D eigenvalue weighted by Gasteiger charge is -2.10. The molecule has 0 fully saturated rings. The Balaban J connectivity index is 1.89. The lowest BCUT2D eigenvalue weighted by molar-refractivity contribution is 0.469. The van der Waals surface area contributed by atoms with Crippen LogP contribution in [0.2, 0.25) is 5.02 Å². The number of benzene rings is 2. The molecule has 108 valence electrons. The lowest BCUT2D eigenvalue weighted by atomic mass is 10.2. The van der Waals surface area contributed by atoms with Crippen LogP contribution >= 0.6 is 27.5 Å². The van der Waals surface area contributed by atoms with E-state index in [1.807, 2.05) is 12.1 Å². The van der Waals surface area contributed by atoms with E-state index in [1.54, 1.807) is 18.2 Å². The largest absolute Gasteiger partial charge is 0.508 e. The van der Waals surface area contributed by atoms with Crippen molar-refractivity contribution in [2.24, 2.45) is 0 Å². The summed E-state index contributed by atoms with van der Waals surface area (Å²) in [5.74, 6) is 0.180. The third kappa shape index (κ3) is 2.91. The van der Waals surface area contributed by atoms with E-state index in [0.29, 0.717) is 22.6 Å². The molecule has 0 radical (unpaired) electrons. The highest BCUT2D eigenvalue weighted by Gasteiger charge is 2.07. The molecule has 0 aliphatic heterocycles. The maximum atomic E-state index is 11.3. The Bertz CT molecular complexity index is 872. The summed E-state index contributed by atoms with van der Waals surface area (Å²) in [6.45, 7) is 0.408. The van der Waals surface area contributed by atoms with Crippen LogP contribution in [-0.2, 0) is 6.54 Å². The van der Waals surface area contributed by atoms with Crippen molar-refractivity contribution in [1.29, 1.82) is 0 Å². The number of H-pyrrole nitrogens is 2. The van der Waals surface area contributed by atoms with Crippen LogP contribution < -0.4 is 11.0 Å². The number of anilines is 1. The second-order valence-electron chi connectivity index (χ2n) is 4.58. The second kappa shape index (κ2) is 5.46. The molecule has 1 heterocycles. The first-order valence-corrected chi connectivity index (χ1v) is 7.33. The number of aromatic nitrogens is 2. The summed E-state index contributed by atoms with van der Waals surface area (Å²) >= 11 is 9.36. The minimum absolute atomic E-state index is 0.180. The Morgan fingerprint density at radius 1 is 1.19 bits per heavy atom. The molecule has 0 amide bonds. The highest BCUT2D eigenvalue weighted by Crippen LogP contribution is 2.28. The summed E-state index contributed by atoms with van der Waals surface area (Å²) in [5, 5.41) is 13.6. The number of phenols is 1. The number of halogens is 2. The highest BCUT2D eigenvalue weighted by atomic mass is 79.9. The van der Waals surface area contributed by atoms with E-state index in [4.69, 9.17) is 11.6 Å². The van der Waals surface area contributed by atoms with Gasteiger partial charge in [0.1, 0.15) is 5.75 Å². The molecular formula is C14H11BrClN3O2. The monoisotopic (exact) mass is 367 g/mol. The van der Waals surface area contributed by atoms with E-state index in [9.17, 15) is 9.90 Å². The molecule has 0 unspecified atom stereocenters. The van der Waals surface area contributed by atoms with Gasteiger partial charge >= 0.3 is 5.69 Å². The summed E-state index contributed by atoms with van der Waals surface area (Å²) < 4.78 is 0.812. The Morgan fingerprint density at radius 3 is 2.67 bits per heavy atom. The first-order chi connectivity index (χ1) is 10.0. The number of hydrogen-bond acceptors (Lipinski definition) is 3. The van der Waals surface area contributed by atoms with Crippen molar-refractivity contribution in [2.45, 2.75) is 6.54 Å². The van der Waals surface area contributed by atoms with E-state index in [2.05, 4.69) is 31.2 Å². The van der Waals surface area contributed by atoms with Crippen LogP contribution in [-0.4, -0.2) is 15.1 Å². The topological polar surface area (TPSA) is 80.9 Å². The highest BCUT2D eigenvalue weighted by molar-refractivity contribution is 9.10. The summed E-state index contributed by atoms with van der Waals surface area (Å²) in [6, 6.07) is 8.52. The zero-order valence-electron chi connectivity index (χ0n) is 10.7. The molecule has 0 aliphatic rings. The van der Waals surface area contributed by atoms with Crippen molar-refractivity contribution < 1.29 is 5.11 Å². The summed E-state index contributed by atoms with van der Waals surface area (Å²) in [7, 11) is 0. The molecule has 5 nitrogen and oxygen atoms in total. The summed E-state index contributed by atoms with van der Waals surface area (Å²) in [6.07, 6.45) is 0. The van der Waals surface area contributed by atoms with Crippen LogP contribution in [0.3, 0.4) is 0 Å². The van der Waals surface area contributed by atoms with Crippen LogP contribution in [0.5, 0.6) is 5.75 Å². The van der Waals surface area contributed by atoms with Gasteiger partial charge in [0.15, 0.2) is 0 Å². The number of aromatic amines is 2. The van der Waals surface area contributed by atoms with Gasteiger partial charge in [0, 0.05) is 21.6 Å². The molecule has 3 rings (SSSR count). The Kier molecular flexibility index (Phi) is 3.65. The summed E-state index contributed by atoms with van der Waals surface area (Å²) in [5.41, 5.74) is 2.68. The van der Waals surface area contributed by atoms with Gasteiger partial charge in [-0.3, -0.25) is 0 Å². The fraction of sp³-hybridized carbons (Fsp3) is 0.0714. The minimum atomic E-state index is -0.249. The maximum Gasteiger partial charge on any atom is 0.323 e. The number of hydrogen-bond donors (Lipinski definition) is 4. The number of nitrogens with one attached hydrogen (secondary N) is 3. The van der Waals surface area contributed by atoms with Gasteiger partial charge < -0.3 is 20.4 Å². The Morgan fingerprint density at radius 2 is 1.90 bits per heavy atom. The Labute approximate surface area is 133 Å². The van der Waals surface area contributed by atoms with Crippen molar-refractivity contribution >= 4 is 44.3 Å². The Hall–Kier alpha value is -1.92. The number of fused-ring (bicyclic) bond motifs is 1. The van der Waals surface area contributed by atoms with Crippen LogP contribution in [0.4, 0.5) is 5.69 Å². The molecule has 1 aromatic heterocycles. The van der Waals surface area contributed by atoms with Crippen LogP contribution in [0.1, 0.15) is 5.56 Å². The number of aromatic hydroxyl groups is 1. The average Bonchev–Trinajstić information content (AvgIpc) is 2.78. The molecule has 0 saturated heterocycles. The van der Waals surface area contributed by atoms with E-state index in [1.165, 1.54) is 0 Å². The minimum Gasteiger partial charge on any atom is -0.508 e. The van der Waals surface area contributed by atoms with Crippen molar-refractivity contribution in [3.05, 3.63) is 55.9 Å². The van der Waals surface area contributed by atoms with E-state index in [0.717, 1.165) is 15.7 Å². The summed E-state index contributed by atoms with van der Waals surface area (Å²) in [4.78, 5) is 16.7. The quantitative estimate of drug-likeness (QED) is 0.570. The molecule has 3 aromatic rings. The molecule has 7 heteroatoms. The average molecular weight is 369 g/mol. The maximum absolute atomic E-state index is 11.3. The zero-order chi connectivity index (χ0) is 15.0. The molecule has 0 bridgehead atoms.